The molecule has 4 fully saturated rings. The van der Waals surface area contributed by atoms with Crippen LogP contribution < -0.4 is 10.2 Å². The molecule has 1 aromatic heterocycles. The fourth-order valence-corrected chi connectivity index (χ4v) is 5.73. The van der Waals surface area contributed by atoms with Gasteiger partial charge in [-0.05, 0) is 68.0 Å². The number of nitrogens with zero attached hydrogens (tertiary/aromatic N) is 4. The molecule has 8 heteroatoms. The Morgan fingerprint density at radius 3 is 2.79 bits per heavy atom. The van der Waals surface area contributed by atoms with Crippen LogP contribution in [0.15, 0.2) is 18.2 Å². The molecule has 0 saturated carbocycles. The molecule has 5 heterocycles. The zero-order valence-corrected chi connectivity index (χ0v) is 17.6. The summed E-state index contributed by atoms with van der Waals surface area (Å²) >= 11 is 1.33. The molecule has 1 N–H and O–H groups in total. The van der Waals surface area contributed by atoms with Crippen LogP contribution in [0.1, 0.15) is 36.7 Å². The summed E-state index contributed by atoms with van der Waals surface area (Å²) in [7, 11) is 0. The van der Waals surface area contributed by atoms with E-state index in [1.54, 1.807) is 0 Å². The topological polar surface area (TPSA) is 68.8 Å². The predicted octanol–water partition coefficient (Wildman–Crippen LogP) is 2.77. The molecule has 1 atom stereocenters. The summed E-state index contributed by atoms with van der Waals surface area (Å²) in [5.41, 5.74) is 1.39. The van der Waals surface area contributed by atoms with Crippen molar-refractivity contribution >= 4 is 39.2 Å². The molecule has 4 saturated heterocycles. The molecule has 29 heavy (non-hydrogen) atoms. The maximum atomic E-state index is 12.9. The first-order valence-corrected chi connectivity index (χ1v) is 11.4. The highest BCUT2D eigenvalue weighted by Crippen LogP contribution is 2.31. The van der Waals surface area contributed by atoms with E-state index in [0.29, 0.717) is 18.2 Å². The van der Waals surface area contributed by atoms with Gasteiger partial charge in [-0.3, -0.25) is 9.69 Å². The Balaban J connectivity index is 1.33. The van der Waals surface area contributed by atoms with Gasteiger partial charge in [-0.25, -0.2) is 4.79 Å². The van der Waals surface area contributed by atoms with E-state index in [1.807, 2.05) is 28.0 Å². The predicted molar refractivity (Wildman–Crippen MR) is 115 cm³/mol. The highest BCUT2D eigenvalue weighted by molar-refractivity contribution is 7.13. The van der Waals surface area contributed by atoms with Crippen LogP contribution in [0.2, 0.25) is 0 Å². The number of carbonyl (C=O) groups is 2. The maximum Gasteiger partial charge on any atom is 0.324 e. The quantitative estimate of drug-likeness (QED) is 0.818. The Kier molecular flexibility index (Phi) is 4.91. The molecule has 0 aliphatic carbocycles. The van der Waals surface area contributed by atoms with Crippen LogP contribution in [-0.4, -0.2) is 71.4 Å². The van der Waals surface area contributed by atoms with Gasteiger partial charge in [-0.1, -0.05) is 6.92 Å². The van der Waals surface area contributed by atoms with Crippen LogP contribution in [0.3, 0.4) is 0 Å². The highest BCUT2D eigenvalue weighted by Gasteiger charge is 2.35. The van der Waals surface area contributed by atoms with Gasteiger partial charge in [0, 0.05) is 43.3 Å². The van der Waals surface area contributed by atoms with Crippen LogP contribution in [0.25, 0.3) is 10.1 Å². The maximum absolute atomic E-state index is 12.9. The lowest BCUT2D eigenvalue weighted by Crippen LogP contribution is -2.57. The Labute approximate surface area is 174 Å². The molecular weight excluding hydrogens is 386 g/mol. The van der Waals surface area contributed by atoms with Crippen LogP contribution >= 0.6 is 11.5 Å². The molecule has 2 bridgehead atoms. The average Bonchev–Trinajstić information content (AvgIpc) is 3.32. The number of hydrogen-bond acceptors (Lipinski definition) is 5. The minimum atomic E-state index is -0.0749. The van der Waals surface area contributed by atoms with Gasteiger partial charge in [0.25, 0.3) is 5.91 Å². The minimum absolute atomic E-state index is 0.0658. The van der Waals surface area contributed by atoms with Gasteiger partial charge >= 0.3 is 6.03 Å². The lowest BCUT2D eigenvalue weighted by atomic mass is 9.84. The number of fused-ring (bicyclic) bond motifs is 4. The molecular formula is C21H27N5O2S. The molecule has 0 spiro atoms. The van der Waals surface area contributed by atoms with Crippen molar-refractivity contribution in [2.45, 2.75) is 32.2 Å². The molecule has 1 aromatic carbocycles. The second-order valence-corrected chi connectivity index (χ2v) is 9.16. The van der Waals surface area contributed by atoms with E-state index in [1.165, 1.54) is 24.4 Å². The first kappa shape index (κ1) is 18.8. The van der Waals surface area contributed by atoms with Gasteiger partial charge in [0.05, 0.1) is 4.70 Å². The molecule has 154 valence electrons. The number of urea groups is 1. The molecule has 3 amide bonds. The third-order valence-corrected chi connectivity index (χ3v) is 7.35. The zero-order valence-electron chi connectivity index (χ0n) is 16.8. The minimum Gasteiger partial charge on any atom is -0.346 e. The summed E-state index contributed by atoms with van der Waals surface area (Å²) in [4.78, 5) is 31.7. The SMILES string of the molecule is CCCN1CCN(c2ccc3c(C(=O)N[C@H]4CN5CCC4CC5)nsc3c2)C1=O. The van der Waals surface area contributed by atoms with Crippen molar-refractivity contribution in [2.24, 2.45) is 5.92 Å². The second kappa shape index (κ2) is 7.57. The number of amides is 3. The van der Waals surface area contributed by atoms with E-state index in [-0.39, 0.29) is 18.0 Å². The van der Waals surface area contributed by atoms with Crippen molar-refractivity contribution in [1.29, 1.82) is 0 Å². The smallest absolute Gasteiger partial charge is 0.324 e. The Morgan fingerprint density at radius 2 is 2.07 bits per heavy atom. The molecule has 4 aliphatic heterocycles. The van der Waals surface area contributed by atoms with E-state index in [4.69, 9.17) is 0 Å². The van der Waals surface area contributed by atoms with Gasteiger partial charge in [0.2, 0.25) is 0 Å². The standard InChI is InChI=1S/C21H27N5O2S/c1-2-7-25-10-11-26(21(25)28)15-3-4-16-18(12-15)29-23-19(16)20(27)22-17-13-24-8-5-14(17)6-9-24/h3-4,12,14,17H,2,5-11,13H2,1H3,(H,22,27)/t17-/m0/s1. The van der Waals surface area contributed by atoms with Crippen molar-refractivity contribution in [1.82, 2.24) is 19.5 Å². The van der Waals surface area contributed by atoms with Crippen LogP contribution in [0, 0.1) is 5.92 Å². The number of benzene rings is 1. The first-order valence-electron chi connectivity index (χ1n) is 10.6. The highest BCUT2D eigenvalue weighted by atomic mass is 32.1. The summed E-state index contributed by atoms with van der Waals surface area (Å²) in [6.07, 6.45) is 3.31. The monoisotopic (exact) mass is 413 g/mol. The van der Waals surface area contributed by atoms with Crippen molar-refractivity contribution in [3.05, 3.63) is 23.9 Å². The summed E-state index contributed by atoms with van der Waals surface area (Å²) < 4.78 is 5.40. The van der Waals surface area contributed by atoms with Crippen molar-refractivity contribution in [3.8, 4) is 0 Å². The van der Waals surface area contributed by atoms with E-state index in [0.717, 1.165) is 54.9 Å². The number of hydrogen-bond donors (Lipinski definition) is 1. The molecule has 2 aromatic rings. The molecule has 4 aliphatic rings. The van der Waals surface area contributed by atoms with Crippen molar-refractivity contribution in [2.75, 3.05) is 44.2 Å². The summed E-state index contributed by atoms with van der Waals surface area (Å²) in [6.45, 7) is 7.61. The molecule has 0 radical (unpaired) electrons. The van der Waals surface area contributed by atoms with Crippen LogP contribution in [0.4, 0.5) is 10.5 Å². The number of piperidine rings is 3. The van der Waals surface area contributed by atoms with Crippen molar-refractivity contribution < 1.29 is 9.59 Å². The molecule has 0 unspecified atom stereocenters. The van der Waals surface area contributed by atoms with E-state index in [9.17, 15) is 9.59 Å². The number of anilines is 1. The lowest BCUT2D eigenvalue weighted by molar-refractivity contribution is 0.0619. The molecule has 7 nitrogen and oxygen atoms in total. The second-order valence-electron chi connectivity index (χ2n) is 8.35. The number of aromatic nitrogens is 1. The third kappa shape index (κ3) is 3.38. The van der Waals surface area contributed by atoms with E-state index >= 15 is 0 Å². The first-order chi connectivity index (χ1) is 14.1. The Bertz CT molecular complexity index is 936. The van der Waals surface area contributed by atoms with E-state index in [2.05, 4.69) is 21.5 Å². The largest absolute Gasteiger partial charge is 0.346 e. The summed E-state index contributed by atoms with van der Waals surface area (Å²) in [6, 6.07) is 6.17. The van der Waals surface area contributed by atoms with Gasteiger partial charge in [0.1, 0.15) is 5.69 Å². The summed E-state index contributed by atoms with van der Waals surface area (Å²) in [5, 5.41) is 4.10. The normalized spacial score (nSPS) is 26.5. The Morgan fingerprint density at radius 1 is 1.24 bits per heavy atom. The number of nitrogens with one attached hydrogen (secondary N) is 1. The average molecular weight is 414 g/mol. The molecule has 6 rings (SSSR count). The van der Waals surface area contributed by atoms with E-state index < -0.39 is 0 Å². The van der Waals surface area contributed by atoms with Gasteiger partial charge in [-0.2, -0.15) is 4.37 Å². The van der Waals surface area contributed by atoms with Gasteiger partial charge < -0.3 is 15.1 Å². The van der Waals surface area contributed by atoms with Crippen LogP contribution in [0.5, 0.6) is 0 Å². The zero-order chi connectivity index (χ0) is 20.0. The van der Waals surface area contributed by atoms with Gasteiger partial charge in [0.15, 0.2) is 0 Å². The third-order valence-electron chi connectivity index (χ3n) is 6.54. The summed E-state index contributed by atoms with van der Waals surface area (Å²) in [5.74, 6) is 0.516. The lowest BCUT2D eigenvalue weighted by Gasteiger charge is -2.44. The van der Waals surface area contributed by atoms with Gasteiger partial charge in [-0.15, -0.1) is 0 Å². The van der Waals surface area contributed by atoms with Crippen molar-refractivity contribution in [3.63, 3.8) is 0 Å². The Hall–Kier alpha value is -2.19. The van der Waals surface area contributed by atoms with Crippen LogP contribution in [-0.2, 0) is 0 Å². The number of rotatable bonds is 5. The number of carbonyl (C=O) groups excluding carboxylic acids is 2. The fourth-order valence-electron chi connectivity index (χ4n) is 4.92. The fraction of sp³-hybridized carbons (Fsp3) is 0.571.